The van der Waals surface area contributed by atoms with Crippen molar-refractivity contribution in [2.24, 2.45) is 7.05 Å². The number of halogens is 2. The van der Waals surface area contributed by atoms with Crippen molar-refractivity contribution < 1.29 is 13.6 Å². The summed E-state index contributed by atoms with van der Waals surface area (Å²) < 4.78 is 32.8. The standard InChI is InChI=1S/C31H41F2N9O/c1-21(43)40-9-5-28-27(20-40)31(36-42(28)24-18-39(19-24)13-12-38-10-6-34-7-11-38)41-8-3-4-22-14-25(23-16-35-37(2)17-23)26(30(32)33)15-29(22)41/h14-17,24,30,34H,3-13,18-20H2,1-2H3. The molecule has 6 heterocycles. The molecule has 4 aliphatic heterocycles. The van der Waals surface area contributed by atoms with Gasteiger partial charge in [0.2, 0.25) is 5.91 Å². The average molecular weight is 594 g/mol. The van der Waals surface area contributed by atoms with Gasteiger partial charge in [-0.3, -0.25) is 24.0 Å². The van der Waals surface area contributed by atoms with Gasteiger partial charge in [0.15, 0.2) is 5.82 Å². The number of hydrogen-bond acceptors (Lipinski definition) is 7. The van der Waals surface area contributed by atoms with Crippen molar-refractivity contribution in [3.8, 4) is 11.1 Å². The molecule has 1 amide bonds. The van der Waals surface area contributed by atoms with E-state index in [-0.39, 0.29) is 17.5 Å². The smallest absolute Gasteiger partial charge is 0.264 e. The van der Waals surface area contributed by atoms with Gasteiger partial charge >= 0.3 is 0 Å². The predicted octanol–water partition coefficient (Wildman–Crippen LogP) is 2.97. The molecular weight excluding hydrogens is 552 g/mol. The number of nitrogens with one attached hydrogen (secondary N) is 1. The van der Waals surface area contributed by atoms with Crippen molar-refractivity contribution in [2.75, 3.05) is 70.3 Å². The van der Waals surface area contributed by atoms with Crippen LogP contribution in [-0.2, 0) is 31.2 Å². The summed E-state index contributed by atoms with van der Waals surface area (Å²) in [6, 6.07) is 3.87. The first-order chi connectivity index (χ1) is 20.9. The van der Waals surface area contributed by atoms with Gasteiger partial charge in [0.25, 0.3) is 6.43 Å². The third-order valence-electron chi connectivity index (χ3n) is 9.61. The van der Waals surface area contributed by atoms with Crippen molar-refractivity contribution in [3.05, 3.63) is 46.9 Å². The quantitative estimate of drug-likeness (QED) is 0.452. The highest BCUT2D eigenvalue weighted by Gasteiger charge is 2.37. The lowest BCUT2D eigenvalue weighted by Crippen LogP contribution is -2.52. The number of likely N-dealkylation sites (tertiary alicyclic amines) is 1. The van der Waals surface area contributed by atoms with E-state index in [4.69, 9.17) is 5.10 Å². The number of rotatable bonds is 7. The Morgan fingerprint density at radius 3 is 2.58 bits per heavy atom. The van der Waals surface area contributed by atoms with E-state index in [0.29, 0.717) is 30.8 Å². The van der Waals surface area contributed by atoms with Gasteiger partial charge in [-0.15, -0.1) is 0 Å². The highest BCUT2D eigenvalue weighted by molar-refractivity contribution is 5.78. The molecule has 3 aromatic rings. The van der Waals surface area contributed by atoms with Crippen molar-refractivity contribution in [2.45, 2.75) is 45.2 Å². The molecule has 2 saturated heterocycles. The van der Waals surface area contributed by atoms with Crippen LogP contribution in [0.1, 0.15) is 48.2 Å². The Morgan fingerprint density at radius 1 is 1.07 bits per heavy atom. The highest BCUT2D eigenvalue weighted by Crippen LogP contribution is 2.43. The molecule has 2 fully saturated rings. The molecule has 0 bridgehead atoms. The molecule has 230 valence electrons. The van der Waals surface area contributed by atoms with E-state index in [1.54, 1.807) is 37.1 Å². The van der Waals surface area contributed by atoms with Crippen LogP contribution in [0.15, 0.2) is 24.5 Å². The summed E-state index contributed by atoms with van der Waals surface area (Å²) in [4.78, 5) is 21.5. The number of alkyl halides is 2. The first kappa shape index (κ1) is 28.4. The topological polar surface area (TPSA) is 77.7 Å². The Bertz CT molecular complexity index is 1490. The Morgan fingerprint density at radius 2 is 1.86 bits per heavy atom. The molecule has 0 spiro atoms. The van der Waals surface area contributed by atoms with E-state index in [9.17, 15) is 13.6 Å². The lowest BCUT2D eigenvalue weighted by molar-refractivity contribution is -0.129. The third kappa shape index (κ3) is 5.44. The van der Waals surface area contributed by atoms with Gasteiger partial charge in [-0.2, -0.15) is 10.2 Å². The Balaban J connectivity index is 1.20. The van der Waals surface area contributed by atoms with E-state index in [1.165, 1.54) is 5.69 Å². The fourth-order valence-electron chi connectivity index (χ4n) is 7.17. The number of anilines is 2. The minimum absolute atomic E-state index is 0.0106. The summed E-state index contributed by atoms with van der Waals surface area (Å²) in [6.45, 7) is 11.9. The number of hydrogen-bond donors (Lipinski definition) is 1. The van der Waals surface area contributed by atoms with Crippen LogP contribution in [0, 0.1) is 0 Å². The number of benzene rings is 1. The van der Waals surface area contributed by atoms with Crippen molar-refractivity contribution in [1.82, 2.24) is 39.6 Å². The molecule has 2 aromatic heterocycles. The number of carbonyl (C=O) groups excluding carboxylic acids is 1. The first-order valence-electron chi connectivity index (χ1n) is 15.6. The Kier molecular flexibility index (Phi) is 7.68. The summed E-state index contributed by atoms with van der Waals surface area (Å²) in [5.41, 5.74) is 5.33. The second-order valence-electron chi connectivity index (χ2n) is 12.4. The molecule has 7 rings (SSSR count). The van der Waals surface area contributed by atoms with Crippen molar-refractivity contribution in [3.63, 3.8) is 0 Å². The van der Waals surface area contributed by atoms with Crippen LogP contribution < -0.4 is 10.2 Å². The zero-order chi connectivity index (χ0) is 29.7. The second-order valence-corrected chi connectivity index (χ2v) is 12.4. The highest BCUT2D eigenvalue weighted by atomic mass is 19.3. The molecule has 0 atom stereocenters. The van der Waals surface area contributed by atoms with E-state index in [1.807, 2.05) is 11.0 Å². The van der Waals surface area contributed by atoms with E-state index in [2.05, 4.69) is 29.8 Å². The Labute approximate surface area is 251 Å². The van der Waals surface area contributed by atoms with Crippen molar-refractivity contribution >= 4 is 17.4 Å². The molecule has 1 aromatic carbocycles. The summed E-state index contributed by atoms with van der Waals surface area (Å²) >= 11 is 0. The average Bonchev–Trinajstić information content (AvgIpc) is 3.59. The zero-order valence-corrected chi connectivity index (χ0v) is 25.1. The lowest BCUT2D eigenvalue weighted by atomic mass is 9.92. The van der Waals surface area contributed by atoms with Gasteiger partial charge in [-0.05, 0) is 36.1 Å². The fraction of sp³-hybridized carbons (Fsp3) is 0.581. The molecular formula is C31H41F2N9O. The maximum atomic E-state index is 14.5. The molecule has 4 aliphatic rings. The lowest BCUT2D eigenvalue weighted by Gasteiger charge is -2.41. The third-order valence-corrected chi connectivity index (χ3v) is 9.61. The first-order valence-corrected chi connectivity index (χ1v) is 15.6. The second kappa shape index (κ2) is 11.6. The van der Waals surface area contributed by atoms with Crippen LogP contribution in [0.4, 0.5) is 20.3 Å². The normalized spacial score (nSPS) is 19.9. The summed E-state index contributed by atoms with van der Waals surface area (Å²) in [6.07, 6.45) is 3.28. The minimum atomic E-state index is -2.62. The number of piperazine rings is 1. The van der Waals surface area contributed by atoms with E-state index < -0.39 is 6.43 Å². The van der Waals surface area contributed by atoms with Gasteiger partial charge in [0, 0.05) is 120 Å². The molecule has 0 aliphatic carbocycles. The van der Waals surface area contributed by atoms with E-state index >= 15 is 0 Å². The SMILES string of the molecule is CC(=O)N1CCc2c(c(N3CCCc4cc(-c5cnn(C)c5)c(C(F)F)cc43)nn2C2CN(CCN3CCNCC3)C2)C1. The van der Waals surface area contributed by atoms with Gasteiger partial charge in [-0.1, -0.05) is 0 Å². The van der Waals surface area contributed by atoms with Crippen LogP contribution >= 0.6 is 0 Å². The number of aromatic nitrogens is 4. The van der Waals surface area contributed by atoms with Crippen LogP contribution in [0.25, 0.3) is 11.1 Å². The largest absolute Gasteiger partial charge is 0.338 e. The predicted molar refractivity (Wildman–Crippen MR) is 161 cm³/mol. The maximum absolute atomic E-state index is 14.5. The van der Waals surface area contributed by atoms with Gasteiger partial charge in [0.1, 0.15) is 0 Å². The van der Waals surface area contributed by atoms with Crippen LogP contribution in [0.5, 0.6) is 0 Å². The van der Waals surface area contributed by atoms with Crippen LogP contribution in [0.3, 0.4) is 0 Å². The maximum Gasteiger partial charge on any atom is 0.264 e. The minimum Gasteiger partial charge on any atom is -0.338 e. The zero-order valence-electron chi connectivity index (χ0n) is 25.1. The van der Waals surface area contributed by atoms with Gasteiger partial charge in [0.05, 0.1) is 18.8 Å². The number of fused-ring (bicyclic) bond motifs is 2. The van der Waals surface area contributed by atoms with E-state index in [0.717, 1.165) is 94.3 Å². The number of carbonyl (C=O) groups is 1. The van der Waals surface area contributed by atoms with Crippen LogP contribution in [0.2, 0.25) is 0 Å². The molecule has 10 nitrogen and oxygen atoms in total. The number of amides is 1. The van der Waals surface area contributed by atoms with Crippen LogP contribution in [-0.4, -0.2) is 106 Å². The molecule has 0 saturated carbocycles. The molecule has 0 unspecified atom stereocenters. The fourth-order valence-corrected chi connectivity index (χ4v) is 7.17. The summed E-state index contributed by atoms with van der Waals surface area (Å²) in [5.74, 6) is 0.864. The Hall–Kier alpha value is -3.35. The van der Waals surface area contributed by atoms with Gasteiger partial charge < -0.3 is 15.1 Å². The summed E-state index contributed by atoms with van der Waals surface area (Å²) in [7, 11) is 1.79. The monoisotopic (exact) mass is 593 g/mol. The number of aryl methyl sites for hydroxylation is 2. The molecule has 12 heteroatoms. The molecule has 0 radical (unpaired) electrons. The number of nitrogens with zero attached hydrogens (tertiary/aromatic N) is 8. The van der Waals surface area contributed by atoms with Crippen molar-refractivity contribution in [1.29, 1.82) is 0 Å². The molecule has 43 heavy (non-hydrogen) atoms. The molecule has 1 N–H and O–H groups in total. The van der Waals surface area contributed by atoms with Gasteiger partial charge in [-0.25, -0.2) is 8.78 Å². The summed E-state index contributed by atoms with van der Waals surface area (Å²) in [5, 5.41) is 12.9.